The van der Waals surface area contributed by atoms with E-state index in [-0.39, 0.29) is 12.4 Å². The van der Waals surface area contributed by atoms with Crippen molar-refractivity contribution in [2.24, 2.45) is 0 Å². The molecule has 2 nitrogen and oxygen atoms in total. The number of ether oxygens (including phenoxy) is 2. The molecule has 1 saturated carbocycles. The molecule has 0 aromatic heterocycles. The minimum absolute atomic E-state index is 0.0158. The van der Waals surface area contributed by atoms with Gasteiger partial charge in [0.05, 0.1) is 12.2 Å². The Kier molecular flexibility index (Phi) is 4.52. The van der Waals surface area contributed by atoms with Gasteiger partial charge in [0.15, 0.2) is 6.29 Å². The van der Waals surface area contributed by atoms with E-state index in [0.717, 1.165) is 12.8 Å². The van der Waals surface area contributed by atoms with Gasteiger partial charge in [0.2, 0.25) is 0 Å². The zero-order valence-electron chi connectivity index (χ0n) is 11.6. The average Bonchev–Trinajstić information content (AvgIpc) is 2.49. The van der Waals surface area contributed by atoms with Gasteiger partial charge in [-0.3, -0.25) is 0 Å². The number of hydrogen-bond acceptors (Lipinski definition) is 2. The van der Waals surface area contributed by atoms with Crippen LogP contribution in [0.25, 0.3) is 0 Å². The van der Waals surface area contributed by atoms with E-state index in [2.05, 4.69) is 30.3 Å². The van der Waals surface area contributed by atoms with Crippen molar-refractivity contribution in [3.05, 3.63) is 35.9 Å². The van der Waals surface area contributed by atoms with Crippen molar-refractivity contribution in [3.8, 4) is 0 Å². The summed E-state index contributed by atoms with van der Waals surface area (Å²) >= 11 is 0. The lowest BCUT2D eigenvalue weighted by Crippen LogP contribution is -2.30. The fourth-order valence-electron chi connectivity index (χ4n) is 3.22. The van der Waals surface area contributed by atoms with E-state index in [4.69, 9.17) is 9.47 Å². The van der Waals surface area contributed by atoms with Gasteiger partial charge in [-0.1, -0.05) is 49.6 Å². The molecule has 0 spiro atoms. The van der Waals surface area contributed by atoms with Crippen LogP contribution in [0.5, 0.6) is 0 Å². The normalized spacial score (nSPS) is 29.3. The Hall–Kier alpha value is -0.860. The van der Waals surface area contributed by atoms with E-state index in [0.29, 0.717) is 6.10 Å². The summed E-state index contributed by atoms with van der Waals surface area (Å²) in [7, 11) is 0. The number of hydrogen-bond donors (Lipinski definition) is 0. The van der Waals surface area contributed by atoms with Crippen LogP contribution >= 0.6 is 0 Å². The SMILES string of the molecule is c1ccc([C@H]2CCC[C@@H](OC3CCCCC3)O2)cc1. The first-order chi connectivity index (χ1) is 9.42. The molecule has 1 aromatic carbocycles. The molecule has 0 N–H and O–H groups in total. The fraction of sp³-hybridized carbons (Fsp3) is 0.647. The smallest absolute Gasteiger partial charge is 0.158 e. The molecule has 1 saturated heterocycles. The molecule has 0 radical (unpaired) electrons. The second-order valence-corrected chi connectivity index (χ2v) is 5.79. The summed E-state index contributed by atoms with van der Waals surface area (Å²) in [6.07, 6.45) is 10.5. The van der Waals surface area contributed by atoms with Crippen LogP contribution in [0.15, 0.2) is 30.3 Å². The molecule has 0 amide bonds. The van der Waals surface area contributed by atoms with Crippen molar-refractivity contribution < 1.29 is 9.47 Å². The molecule has 104 valence electrons. The molecule has 2 fully saturated rings. The van der Waals surface area contributed by atoms with Crippen molar-refractivity contribution in [3.63, 3.8) is 0 Å². The number of rotatable bonds is 3. The molecule has 0 unspecified atom stereocenters. The summed E-state index contributed by atoms with van der Waals surface area (Å²) in [6, 6.07) is 10.6. The third-order valence-electron chi connectivity index (χ3n) is 4.29. The van der Waals surface area contributed by atoms with Crippen LogP contribution < -0.4 is 0 Å². The molecule has 0 bridgehead atoms. The Labute approximate surface area is 116 Å². The molecule has 19 heavy (non-hydrogen) atoms. The fourth-order valence-corrected chi connectivity index (χ4v) is 3.22. The van der Waals surface area contributed by atoms with Crippen LogP contribution in [0.3, 0.4) is 0 Å². The van der Waals surface area contributed by atoms with Gasteiger partial charge in [0.25, 0.3) is 0 Å². The number of benzene rings is 1. The van der Waals surface area contributed by atoms with E-state index in [9.17, 15) is 0 Å². The first-order valence-corrected chi connectivity index (χ1v) is 7.78. The first kappa shape index (κ1) is 13.1. The van der Waals surface area contributed by atoms with Gasteiger partial charge in [0, 0.05) is 0 Å². The molecule has 1 aliphatic carbocycles. The van der Waals surface area contributed by atoms with E-state index < -0.39 is 0 Å². The third kappa shape index (κ3) is 3.58. The maximum atomic E-state index is 6.16. The van der Waals surface area contributed by atoms with Crippen molar-refractivity contribution in [1.82, 2.24) is 0 Å². The largest absolute Gasteiger partial charge is 0.349 e. The molecule has 1 aromatic rings. The van der Waals surface area contributed by atoms with Gasteiger partial charge in [-0.15, -0.1) is 0 Å². The highest BCUT2D eigenvalue weighted by atomic mass is 16.7. The first-order valence-electron chi connectivity index (χ1n) is 7.78. The standard InChI is InChI=1S/C17H24O2/c1-3-8-14(9-4-1)16-12-7-13-17(19-16)18-15-10-5-2-6-11-15/h1,3-4,8-9,15-17H,2,5-7,10-13H2/t16-,17+/m1/s1. The molecular weight excluding hydrogens is 236 g/mol. The summed E-state index contributed by atoms with van der Waals surface area (Å²) in [5.41, 5.74) is 1.29. The Bertz CT molecular complexity index is 370. The van der Waals surface area contributed by atoms with E-state index in [1.165, 1.54) is 44.1 Å². The van der Waals surface area contributed by atoms with Crippen LogP contribution in [-0.2, 0) is 9.47 Å². The molecule has 2 aliphatic rings. The third-order valence-corrected chi connectivity index (χ3v) is 4.29. The van der Waals surface area contributed by atoms with E-state index in [1.54, 1.807) is 0 Å². The summed E-state index contributed by atoms with van der Waals surface area (Å²) in [5.74, 6) is 0. The van der Waals surface area contributed by atoms with E-state index in [1.807, 2.05) is 0 Å². The zero-order valence-corrected chi connectivity index (χ0v) is 11.6. The van der Waals surface area contributed by atoms with Gasteiger partial charge in [-0.05, 0) is 37.7 Å². The van der Waals surface area contributed by atoms with Crippen molar-refractivity contribution >= 4 is 0 Å². The molecule has 2 heteroatoms. The predicted octanol–water partition coefficient (Wildman–Crippen LogP) is 4.60. The topological polar surface area (TPSA) is 18.5 Å². The highest BCUT2D eigenvalue weighted by molar-refractivity contribution is 5.17. The maximum absolute atomic E-state index is 6.16. The van der Waals surface area contributed by atoms with Gasteiger partial charge in [0.1, 0.15) is 0 Å². The summed E-state index contributed by atoms with van der Waals surface area (Å²) in [5, 5.41) is 0. The van der Waals surface area contributed by atoms with Crippen molar-refractivity contribution in [1.29, 1.82) is 0 Å². The molecule has 3 rings (SSSR count). The quantitative estimate of drug-likeness (QED) is 0.790. The van der Waals surface area contributed by atoms with Crippen molar-refractivity contribution in [2.75, 3.05) is 0 Å². The van der Waals surface area contributed by atoms with Crippen LogP contribution in [-0.4, -0.2) is 12.4 Å². The average molecular weight is 260 g/mol. The predicted molar refractivity (Wildman–Crippen MR) is 75.9 cm³/mol. The summed E-state index contributed by atoms with van der Waals surface area (Å²) in [4.78, 5) is 0. The summed E-state index contributed by atoms with van der Waals surface area (Å²) < 4.78 is 12.3. The minimum Gasteiger partial charge on any atom is -0.349 e. The lowest BCUT2D eigenvalue weighted by molar-refractivity contribution is -0.220. The van der Waals surface area contributed by atoms with Crippen molar-refractivity contribution in [2.45, 2.75) is 69.9 Å². The zero-order chi connectivity index (χ0) is 12.9. The van der Waals surface area contributed by atoms with Crippen LogP contribution in [0.4, 0.5) is 0 Å². The molecule has 1 heterocycles. The monoisotopic (exact) mass is 260 g/mol. The highest BCUT2D eigenvalue weighted by Crippen LogP contribution is 2.33. The second kappa shape index (κ2) is 6.53. The molecular formula is C17H24O2. The van der Waals surface area contributed by atoms with Crippen LogP contribution in [0, 0.1) is 0 Å². The second-order valence-electron chi connectivity index (χ2n) is 5.79. The highest BCUT2D eigenvalue weighted by Gasteiger charge is 2.27. The Morgan fingerprint density at radius 2 is 1.63 bits per heavy atom. The van der Waals surface area contributed by atoms with Crippen LogP contribution in [0.1, 0.15) is 63.0 Å². The van der Waals surface area contributed by atoms with Gasteiger partial charge >= 0.3 is 0 Å². The lowest BCUT2D eigenvalue weighted by Gasteiger charge is -2.34. The summed E-state index contributed by atoms with van der Waals surface area (Å²) in [6.45, 7) is 0. The Morgan fingerprint density at radius 3 is 2.42 bits per heavy atom. The Morgan fingerprint density at radius 1 is 0.842 bits per heavy atom. The lowest BCUT2D eigenvalue weighted by atomic mass is 9.97. The maximum Gasteiger partial charge on any atom is 0.158 e. The van der Waals surface area contributed by atoms with Gasteiger partial charge in [-0.25, -0.2) is 0 Å². The Balaban J connectivity index is 1.55. The molecule has 2 atom stereocenters. The van der Waals surface area contributed by atoms with Gasteiger partial charge in [-0.2, -0.15) is 0 Å². The molecule has 1 aliphatic heterocycles. The minimum atomic E-state index is 0.0158. The van der Waals surface area contributed by atoms with E-state index >= 15 is 0 Å². The van der Waals surface area contributed by atoms with Crippen LogP contribution in [0.2, 0.25) is 0 Å². The van der Waals surface area contributed by atoms with Gasteiger partial charge < -0.3 is 9.47 Å².